The lowest BCUT2D eigenvalue weighted by Gasteiger charge is -2.36. The second kappa shape index (κ2) is 8.16. The highest BCUT2D eigenvalue weighted by Gasteiger charge is 2.29. The van der Waals surface area contributed by atoms with Crippen molar-refractivity contribution in [2.45, 2.75) is 53.4 Å². The summed E-state index contributed by atoms with van der Waals surface area (Å²) in [6.07, 6.45) is 9.60. The van der Waals surface area contributed by atoms with E-state index in [1.807, 2.05) is 6.08 Å². The van der Waals surface area contributed by atoms with Crippen LogP contribution in [0.1, 0.15) is 53.4 Å². The lowest BCUT2D eigenvalue weighted by atomic mass is 9.70. The number of ether oxygens (including phenoxy) is 1. The first kappa shape index (κ1) is 19.2. The Balaban J connectivity index is 2.35. The fourth-order valence-electron chi connectivity index (χ4n) is 3.16. The summed E-state index contributed by atoms with van der Waals surface area (Å²) in [5, 5.41) is 0. The van der Waals surface area contributed by atoms with Crippen molar-refractivity contribution in [3.63, 3.8) is 0 Å². The van der Waals surface area contributed by atoms with Crippen LogP contribution >= 0.6 is 0 Å². The number of hydrogen-bond donors (Lipinski definition) is 1. The van der Waals surface area contributed by atoms with Gasteiger partial charge in [-0.2, -0.15) is 8.42 Å². The first-order valence-electron chi connectivity index (χ1n) is 8.10. The molecule has 128 valence electrons. The maximum atomic E-state index is 10.6. The molecule has 1 rings (SSSR count). The Labute approximate surface area is 135 Å². The van der Waals surface area contributed by atoms with Gasteiger partial charge in [0.05, 0.1) is 12.4 Å². The van der Waals surface area contributed by atoms with Gasteiger partial charge in [0.15, 0.2) is 0 Å². The van der Waals surface area contributed by atoms with Gasteiger partial charge in [-0.25, -0.2) is 0 Å². The van der Waals surface area contributed by atoms with E-state index in [1.54, 1.807) is 0 Å². The molecule has 5 heteroatoms. The Morgan fingerprint density at radius 2 is 2.05 bits per heavy atom. The number of rotatable bonds is 8. The maximum Gasteiger partial charge on any atom is 0.264 e. The summed E-state index contributed by atoms with van der Waals surface area (Å²) in [6, 6.07) is 0. The van der Waals surface area contributed by atoms with Crippen LogP contribution < -0.4 is 0 Å². The quantitative estimate of drug-likeness (QED) is 0.535. The third kappa shape index (κ3) is 6.97. The van der Waals surface area contributed by atoms with Crippen LogP contribution in [0.25, 0.3) is 0 Å². The molecule has 1 aliphatic carbocycles. The summed E-state index contributed by atoms with van der Waals surface area (Å²) >= 11 is 0. The largest absolute Gasteiger partial charge is 0.494 e. The second-order valence-electron chi connectivity index (χ2n) is 7.09. The summed E-state index contributed by atoms with van der Waals surface area (Å²) in [6.45, 7) is 9.60. The van der Waals surface area contributed by atoms with Crippen molar-refractivity contribution in [2.24, 2.45) is 17.3 Å². The van der Waals surface area contributed by atoms with Crippen molar-refractivity contribution in [2.75, 3.05) is 12.4 Å². The Hall–Kier alpha value is -0.810. The van der Waals surface area contributed by atoms with Crippen LogP contribution in [0.2, 0.25) is 0 Å². The molecule has 0 heterocycles. The molecule has 0 amide bonds. The Morgan fingerprint density at radius 3 is 2.50 bits per heavy atom. The van der Waals surface area contributed by atoms with Crippen molar-refractivity contribution in [1.82, 2.24) is 0 Å². The molecule has 0 saturated carbocycles. The van der Waals surface area contributed by atoms with Crippen LogP contribution in [0.4, 0.5) is 0 Å². The zero-order valence-electron chi connectivity index (χ0n) is 14.2. The van der Waals surface area contributed by atoms with E-state index in [9.17, 15) is 8.42 Å². The average Bonchev–Trinajstić information content (AvgIpc) is 2.38. The van der Waals surface area contributed by atoms with E-state index in [-0.39, 0.29) is 5.75 Å². The van der Waals surface area contributed by atoms with Gasteiger partial charge in [-0.3, -0.25) is 4.55 Å². The third-order valence-electron chi connectivity index (χ3n) is 4.23. The molecule has 4 nitrogen and oxygen atoms in total. The predicted octanol–water partition coefficient (Wildman–Crippen LogP) is 4.20. The molecular formula is C17H30O4S. The molecule has 0 saturated heterocycles. The fourth-order valence-corrected chi connectivity index (χ4v) is 3.73. The van der Waals surface area contributed by atoms with E-state index in [0.29, 0.717) is 36.7 Å². The van der Waals surface area contributed by atoms with Crippen LogP contribution in [-0.2, 0) is 14.9 Å². The molecule has 0 aromatic heterocycles. The van der Waals surface area contributed by atoms with E-state index in [0.717, 1.165) is 18.6 Å². The van der Waals surface area contributed by atoms with Crippen molar-refractivity contribution in [1.29, 1.82) is 0 Å². The number of allylic oxidation sites excluding steroid dienone is 3. The SMILES string of the molecule is CCC(C1C=CC(OCCCCS(=O)(=O)O)=CC1)C(C)(C)C. The third-order valence-corrected chi connectivity index (χ3v) is 5.04. The molecule has 0 radical (unpaired) electrons. The van der Waals surface area contributed by atoms with Crippen LogP contribution in [-0.4, -0.2) is 25.3 Å². The highest BCUT2D eigenvalue weighted by atomic mass is 32.2. The van der Waals surface area contributed by atoms with E-state index >= 15 is 0 Å². The van der Waals surface area contributed by atoms with Crippen LogP contribution in [0.5, 0.6) is 0 Å². The van der Waals surface area contributed by atoms with Gasteiger partial charge >= 0.3 is 0 Å². The summed E-state index contributed by atoms with van der Waals surface area (Å²) in [4.78, 5) is 0. The molecule has 0 aromatic rings. The summed E-state index contributed by atoms with van der Waals surface area (Å²) in [7, 11) is -3.85. The summed E-state index contributed by atoms with van der Waals surface area (Å²) < 4.78 is 35.5. The van der Waals surface area contributed by atoms with Gasteiger partial charge in [0.1, 0.15) is 5.76 Å². The lowest BCUT2D eigenvalue weighted by Crippen LogP contribution is -2.27. The molecule has 2 atom stereocenters. The van der Waals surface area contributed by atoms with Gasteiger partial charge in [-0.05, 0) is 48.7 Å². The van der Waals surface area contributed by atoms with E-state index < -0.39 is 10.1 Å². The molecule has 0 spiro atoms. The molecular weight excluding hydrogens is 300 g/mol. The zero-order chi connectivity index (χ0) is 16.8. The van der Waals surface area contributed by atoms with Gasteiger partial charge in [-0.1, -0.05) is 40.2 Å². The second-order valence-corrected chi connectivity index (χ2v) is 8.66. The fraction of sp³-hybridized carbons (Fsp3) is 0.765. The Kier molecular flexibility index (Phi) is 7.13. The van der Waals surface area contributed by atoms with Crippen LogP contribution in [0, 0.1) is 17.3 Å². The maximum absolute atomic E-state index is 10.6. The first-order chi connectivity index (χ1) is 10.1. The number of hydrogen-bond acceptors (Lipinski definition) is 3. The minimum absolute atomic E-state index is 0.197. The highest BCUT2D eigenvalue weighted by Crippen LogP contribution is 2.38. The standard InChI is InChI=1S/C17H30O4S/c1-5-16(17(2,3)4)14-8-10-15(11-9-14)21-12-6-7-13-22(18,19)20/h8,10-11,14,16H,5-7,9,12-13H2,1-4H3,(H,18,19,20). The average molecular weight is 330 g/mol. The minimum atomic E-state index is -3.85. The highest BCUT2D eigenvalue weighted by molar-refractivity contribution is 7.85. The van der Waals surface area contributed by atoms with Gasteiger partial charge in [0.2, 0.25) is 0 Å². The van der Waals surface area contributed by atoms with Crippen LogP contribution in [0.15, 0.2) is 24.0 Å². The van der Waals surface area contributed by atoms with Crippen molar-refractivity contribution >= 4 is 10.1 Å². The zero-order valence-corrected chi connectivity index (χ0v) is 15.0. The molecule has 0 bridgehead atoms. The number of unbranched alkanes of at least 4 members (excludes halogenated alkanes) is 1. The first-order valence-corrected chi connectivity index (χ1v) is 9.70. The van der Waals surface area contributed by atoms with Crippen molar-refractivity contribution in [3.05, 3.63) is 24.0 Å². The predicted molar refractivity (Wildman–Crippen MR) is 90.2 cm³/mol. The lowest BCUT2D eigenvalue weighted by molar-refractivity contribution is 0.171. The molecule has 22 heavy (non-hydrogen) atoms. The molecule has 1 N–H and O–H groups in total. The minimum Gasteiger partial charge on any atom is -0.494 e. The van der Waals surface area contributed by atoms with Crippen LogP contribution in [0.3, 0.4) is 0 Å². The van der Waals surface area contributed by atoms with E-state index in [1.165, 1.54) is 0 Å². The Bertz CT molecular complexity index is 497. The van der Waals surface area contributed by atoms with Gasteiger partial charge in [0, 0.05) is 0 Å². The molecule has 0 aliphatic heterocycles. The Morgan fingerprint density at radius 1 is 1.36 bits per heavy atom. The van der Waals surface area contributed by atoms with Gasteiger partial charge in [-0.15, -0.1) is 0 Å². The molecule has 1 aliphatic rings. The van der Waals surface area contributed by atoms with E-state index in [2.05, 4.69) is 39.8 Å². The molecule has 0 fully saturated rings. The molecule has 0 aromatic carbocycles. The molecule has 2 unspecified atom stereocenters. The van der Waals surface area contributed by atoms with Crippen molar-refractivity contribution < 1.29 is 17.7 Å². The summed E-state index contributed by atoms with van der Waals surface area (Å²) in [5.41, 5.74) is 0.297. The smallest absolute Gasteiger partial charge is 0.264 e. The summed E-state index contributed by atoms with van der Waals surface area (Å²) in [5.74, 6) is 1.87. The van der Waals surface area contributed by atoms with Gasteiger partial charge < -0.3 is 4.74 Å². The normalized spacial score (nSPS) is 20.6. The topological polar surface area (TPSA) is 63.6 Å². The van der Waals surface area contributed by atoms with E-state index in [4.69, 9.17) is 9.29 Å². The van der Waals surface area contributed by atoms with Gasteiger partial charge in [0.25, 0.3) is 10.1 Å². The monoisotopic (exact) mass is 330 g/mol. The van der Waals surface area contributed by atoms with Crippen molar-refractivity contribution in [3.8, 4) is 0 Å².